The van der Waals surface area contributed by atoms with Crippen LogP contribution in [0.4, 0.5) is 5.69 Å². The van der Waals surface area contributed by atoms with E-state index in [9.17, 15) is 23.3 Å². The molecule has 0 unspecified atom stereocenters. The van der Waals surface area contributed by atoms with Crippen LogP contribution in [-0.2, 0) is 10.0 Å². The van der Waals surface area contributed by atoms with Crippen LogP contribution in [-0.4, -0.2) is 39.6 Å². The molecule has 0 saturated heterocycles. The van der Waals surface area contributed by atoms with E-state index in [1.807, 2.05) is 10.3 Å². The summed E-state index contributed by atoms with van der Waals surface area (Å²) in [6.07, 6.45) is 0. The van der Waals surface area contributed by atoms with Crippen molar-refractivity contribution in [2.24, 2.45) is 0 Å². The number of carbonyl (C=O) groups is 1. The molecule has 1 aliphatic rings. The van der Waals surface area contributed by atoms with Crippen LogP contribution in [0.25, 0.3) is 0 Å². The van der Waals surface area contributed by atoms with E-state index < -0.39 is 31.4 Å². The van der Waals surface area contributed by atoms with Crippen molar-refractivity contribution in [2.45, 2.75) is 4.90 Å². The highest BCUT2D eigenvalue weighted by Crippen LogP contribution is 2.31. The SMILES string of the molecule is COc1ccc([N+](=O)[O-])cc1S(=O)(=O)NNC(=O)c1ccc2c(c1)OCCO2. The predicted molar refractivity (Wildman–Crippen MR) is 94.9 cm³/mol. The number of ether oxygens (including phenoxy) is 3. The standard InChI is InChI=1S/C16H15N3O8S/c1-25-13-5-3-11(19(21)22)9-15(13)28(23,24)18-17-16(20)10-2-4-12-14(8-10)27-7-6-26-12/h2-5,8-9,18H,6-7H2,1H3,(H,17,20). The Kier molecular flexibility index (Phi) is 5.33. The Hall–Kier alpha value is -3.38. The van der Waals surface area contributed by atoms with Crippen LogP contribution >= 0.6 is 0 Å². The van der Waals surface area contributed by atoms with Gasteiger partial charge in [-0.05, 0) is 24.3 Å². The fraction of sp³-hybridized carbons (Fsp3) is 0.188. The fourth-order valence-corrected chi connectivity index (χ4v) is 3.44. The number of nitrogens with zero attached hydrogens (tertiary/aromatic N) is 1. The molecule has 1 amide bonds. The van der Waals surface area contributed by atoms with Crippen molar-refractivity contribution in [1.82, 2.24) is 10.3 Å². The van der Waals surface area contributed by atoms with Gasteiger partial charge in [0.05, 0.1) is 12.0 Å². The molecule has 0 aromatic heterocycles. The van der Waals surface area contributed by atoms with Gasteiger partial charge in [0, 0.05) is 17.7 Å². The normalized spacial score (nSPS) is 12.9. The summed E-state index contributed by atoms with van der Waals surface area (Å²) in [5.41, 5.74) is 1.72. The van der Waals surface area contributed by atoms with Crippen molar-refractivity contribution in [3.05, 3.63) is 52.1 Å². The first kappa shape index (κ1) is 19.4. The summed E-state index contributed by atoms with van der Waals surface area (Å²) >= 11 is 0. The number of hydrogen-bond acceptors (Lipinski definition) is 8. The number of carbonyl (C=O) groups excluding carboxylic acids is 1. The lowest BCUT2D eigenvalue weighted by Crippen LogP contribution is -2.41. The predicted octanol–water partition coefficient (Wildman–Crippen LogP) is 0.998. The van der Waals surface area contributed by atoms with E-state index in [1.165, 1.54) is 25.3 Å². The minimum atomic E-state index is -4.35. The third-order valence-corrected chi connectivity index (χ3v) is 5.02. The van der Waals surface area contributed by atoms with Gasteiger partial charge >= 0.3 is 0 Å². The lowest BCUT2D eigenvalue weighted by molar-refractivity contribution is -0.385. The first-order valence-electron chi connectivity index (χ1n) is 7.86. The summed E-state index contributed by atoms with van der Waals surface area (Å²) in [6.45, 7) is 0.723. The van der Waals surface area contributed by atoms with Crippen molar-refractivity contribution in [3.63, 3.8) is 0 Å². The molecule has 28 heavy (non-hydrogen) atoms. The van der Waals surface area contributed by atoms with Crippen LogP contribution in [0.15, 0.2) is 41.3 Å². The van der Waals surface area contributed by atoms with E-state index in [0.717, 1.165) is 18.2 Å². The van der Waals surface area contributed by atoms with Gasteiger partial charge in [-0.1, -0.05) is 0 Å². The Morgan fingerprint density at radius 2 is 1.86 bits per heavy atom. The topological polar surface area (TPSA) is 146 Å². The van der Waals surface area contributed by atoms with Crippen LogP contribution in [0.5, 0.6) is 17.2 Å². The summed E-state index contributed by atoms with van der Waals surface area (Å²) in [5, 5.41) is 10.9. The molecule has 148 valence electrons. The van der Waals surface area contributed by atoms with Gasteiger partial charge in [0.15, 0.2) is 11.5 Å². The number of nitro benzene ring substituents is 1. The number of methoxy groups -OCH3 is 1. The second-order valence-electron chi connectivity index (χ2n) is 5.51. The zero-order valence-corrected chi connectivity index (χ0v) is 15.3. The summed E-state index contributed by atoms with van der Waals surface area (Å²) in [5.74, 6) is -0.0385. The molecule has 0 bridgehead atoms. The number of hydrazine groups is 1. The summed E-state index contributed by atoms with van der Waals surface area (Å²) in [4.78, 5) is 23.8. The van der Waals surface area contributed by atoms with Crippen molar-refractivity contribution in [1.29, 1.82) is 0 Å². The Morgan fingerprint density at radius 1 is 1.14 bits per heavy atom. The van der Waals surface area contributed by atoms with E-state index >= 15 is 0 Å². The lowest BCUT2D eigenvalue weighted by Gasteiger charge is -2.18. The molecule has 0 atom stereocenters. The highest BCUT2D eigenvalue weighted by atomic mass is 32.2. The Morgan fingerprint density at radius 3 is 2.54 bits per heavy atom. The molecular weight excluding hydrogens is 394 g/mol. The first-order chi connectivity index (χ1) is 13.3. The number of nitrogens with one attached hydrogen (secondary N) is 2. The number of sulfonamides is 1. The lowest BCUT2D eigenvalue weighted by atomic mass is 10.2. The van der Waals surface area contributed by atoms with E-state index in [4.69, 9.17) is 14.2 Å². The van der Waals surface area contributed by atoms with Crippen LogP contribution in [0.1, 0.15) is 10.4 Å². The zero-order valence-electron chi connectivity index (χ0n) is 14.5. The fourth-order valence-electron chi connectivity index (χ4n) is 2.41. The number of amides is 1. The Bertz CT molecular complexity index is 1040. The van der Waals surface area contributed by atoms with Crippen LogP contribution in [0.2, 0.25) is 0 Å². The minimum absolute atomic E-state index is 0.119. The molecule has 2 aromatic carbocycles. The van der Waals surface area contributed by atoms with Crippen molar-refractivity contribution >= 4 is 21.6 Å². The zero-order chi connectivity index (χ0) is 20.3. The number of non-ortho nitro benzene ring substituents is 1. The first-order valence-corrected chi connectivity index (χ1v) is 9.34. The summed E-state index contributed by atoms with van der Waals surface area (Å²) in [7, 11) is -3.13. The van der Waals surface area contributed by atoms with Gasteiger partial charge in [0.2, 0.25) is 0 Å². The van der Waals surface area contributed by atoms with Crippen LogP contribution < -0.4 is 24.5 Å². The maximum absolute atomic E-state index is 12.5. The molecule has 0 spiro atoms. The molecule has 0 radical (unpaired) electrons. The van der Waals surface area contributed by atoms with Gasteiger partial charge in [0.1, 0.15) is 23.9 Å². The molecule has 1 aliphatic heterocycles. The smallest absolute Gasteiger partial charge is 0.271 e. The molecule has 0 fully saturated rings. The largest absolute Gasteiger partial charge is 0.495 e. The molecular formula is C16H15N3O8S. The summed E-state index contributed by atoms with van der Waals surface area (Å²) in [6, 6.07) is 7.46. The molecule has 2 N–H and O–H groups in total. The second-order valence-corrected chi connectivity index (χ2v) is 7.16. The number of rotatable bonds is 6. The highest BCUT2D eigenvalue weighted by molar-refractivity contribution is 7.89. The maximum Gasteiger partial charge on any atom is 0.271 e. The van der Waals surface area contributed by atoms with Gasteiger partial charge in [-0.2, -0.15) is 0 Å². The number of nitro groups is 1. The van der Waals surface area contributed by atoms with E-state index in [2.05, 4.69) is 0 Å². The molecule has 0 saturated carbocycles. The monoisotopic (exact) mass is 409 g/mol. The van der Waals surface area contributed by atoms with Gasteiger partial charge in [-0.3, -0.25) is 20.3 Å². The second kappa shape index (κ2) is 7.70. The third kappa shape index (κ3) is 3.97. The average molecular weight is 409 g/mol. The van der Waals surface area contributed by atoms with Crippen LogP contribution in [0.3, 0.4) is 0 Å². The van der Waals surface area contributed by atoms with Crippen molar-refractivity contribution < 1.29 is 32.3 Å². The van der Waals surface area contributed by atoms with Crippen molar-refractivity contribution in [3.8, 4) is 17.2 Å². The van der Waals surface area contributed by atoms with Gasteiger partial charge in [0.25, 0.3) is 21.6 Å². The van der Waals surface area contributed by atoms with Gasteiger partial charge < -0.3 is 14.2 Å². The molecule has 12 heteroatoms. The summed E-state index contributed by atoms with van der Waals surface area (Å²) < 4.78 is 40.6. The van der Waals surface area contributed by atoms with E-state index in [-0.39, 0.29) is 11.3 Å². The molecule has 11 nitrogen and oxygen atoms in total. The highest BCUT2D eigenvalue weighted by Gasteiger charge is 2.24. The van der Waals surface area contributed by atoms with Crippen molar-refractivity contribution in [2.75, 3.05) is 20.3 Å². The third-order valence-electron chi connectivity index (χ3n) is 3.75. The van der Waals surface area contributed by atoms with Gasteiger partial charge in [-0.15, -0.1) is 4.83 Å². The van der Waals surface area contributed by atoms with Crippen LogP contribution in [0, 0.1) is 10.1 Å². The average Bonchev–Trinajstić information content (AvgIpc) is 2.71. The number of fused-ring (bicyclic) bond motifs is 1. The van der Waals surface area contributed by atoms with E-state index in [1.54, 1.807) is 0 Å². The quantitative estimate of drug-likeness (QED) is 0.531. The van der Waals surface area contributed by atoms with E-state index in [0.29, 0.717) is 24.7 Å². The molecule has 1 heterocycles. The molecule has 3 rings (SSSR count). The Balaban J connectivity index is 1.79. The molecule has 0 aliphatic carbocycles. The molecule has 2 aromatic rings. The maximum atomic E-state index is 12.5. The number of hydrogen-bond donors (Lipinski definition) is 2. The Labute approximate surface area is 159 Å². The minimum Gasteiger partial charge on any atom is -0.495 e. The number of benzene rings is 2. The van der Waals surface area contributed by atoms with Gasteiger partial charge in [-0.25, -0.2) is 8.42 Å².